The highest BCUT2D eigenvalue weighted by Gasteiger charge is 2.31. The first-order valence-electron chi connectivity index (χ1n) is 7.02. The second kappa shape index (κ2) is 6.14. The van der Waals surface area contributed by atoms with Crippen LogP contribution in [0.15, 0.2) is 48.5 Å². The first-order chi connectivity index (χ1) is 10.7. The fraction of sp³-hybridized carbons (Fsp3) is 0.167. The summed E-state index contributed by atoms with van der Waals surface area (Å²) in [6.07, 6.45) is 0. The number of nitrogens with two attached hydrogens (primary N) is 1. The van der Waals surface area contributed by atoms with Crippen LogP contribution >= 0.6 is 0 Å². The standard InChI is InChI=1S/C18H17NO4/c1-18(2,23)17(22)16(21)12-8-9-14(19)13(10-12)15(20)11-6-4-3-5-7-11/h3-10,23H,19H2,1-2H3. The van der Waals surface area contributed by atoms with Gasteiger partial charge in [-0.15, -0.1) is 0 Å². The van der Waals surface area contributed by atoms with Gasteiger partial charge in [0, 0.05) is 22.4 Å². The lowest BCUT2D eigenvalue weighted by Gasteiger charge is -2.14. The Morgan fingerprint density at radius 2 is 1.57 bits per heavy atom. The highest BCUT2D eigenvalue weighted by atomic mass is 16.3. The van der Waals surface area contributed by atoms with Crippen molar-refractivity contribution < 1.29 is 19.5 Å². The van der Waals surface area contributed by atoms with E-state index in [0.29, 0.717) is 5.56 Å². The molecular formula is C18H17NO4. The van der Waals surface area contributed by atoms with Crippen LogP contribution in [0.3, 0.4) is 0 Å². The van der Waals surface area contributed by atoms with Crippen molar-refractivity contribution in [1.29, 1.82) is 0 Å². The van der Waals surface area contributed by atoms with Crippen molar-refractivity contribution in [3.8, 4) is 0 Å². The van der Waals surface area contributed by atoms with Gasteiger partial charge in [0.15, 0.2) is 5.78 Å². The minimum absolute atomic E-state index is 0.0191. The Labute approximate surface area is 133 Å². The molecule has 5 nitrogen and oxygen atoms in total. The van der Waals surface area contributed by atoms with Crippen molar-refractivity contribution in [1.82, 2.24) is 0 Å². The lowest BCUT2D eigenvalue weighted by molar-refractivity contribution is -0.129. The topological polar surface area (TPSA) is 97.5 Å². The molecule has 0 saturated carbocycles. The largest absolute Gasteiger partial charge is 0.398 e. The van der Waals surface area contributed by atoms with Gasteiger partial charge in [-0.05, 0) is 32.0 Å². The van der Waals surface area contributed by atoms with E-state index in [4.69, 9.17) is 5.73 Å². The molecule has 0 aliphatic carbocycles. The van der Waals surface area contributed by atoms with E-state index in [-0.39, 0.29) is 22.6 Å². The van der Waals surface area contributed by atoms with Crippen LogP contribution in [0, 0.1) is 0 Å². The number of anilines is 1. The normalized spacial score (nSPS) is 11.1. The van der Waals surface area contributed by atoms with Gasteiger partial charge < -0.3 is 10.8 Å². The Bertz CT molecular complexity index is 773. The molecule has 0 amide bonds. The van der Waals surface area contributed by atoms with Gasteiger partial charge in [-0.25, -0.2) is 0 Å². The van der Waals surface area contributed by atoms with Gasteiger partial charge in [0.05, 0.1) is 0 Å². The van der Waals surface area contributed by atoms with Crippen molar-refractivity contribution in [3.63, 3.8) is 0 Å². The fourth-order valence-electron chi connectivity index (χ4n) is 2.05. The maximum absolute atomic E-state index is 12.5. The lowest BCUT2D eigenvalue weighted by Crippen LogP contribution is -2.37. The molecule has 0 atom stereocenters. The van der Waals surface area contributed by atoms with E-state index in [9.17, 15) is 19.5 Å². The summed E-state index contributed by atoms with van der Waals surface area (Å²) >= 11 is 0. The zero-order valence-corrected chi connectivity index (χ0v) is 12.9. The first kappa shape index (κ1) is 16.6. The molecule has 23 heavy (non-hydrogen) atoms. The van der Waals surface area contributed by atoms with Gasteiger partial charge in [0.1, 0.15) is 5.60 Å². The maximum atomic E-state index is 12.5. The van der Waals surface area contributed by atoms with Gasteiger partial charge in [-0.2, -0.15) is 0 Å². The second-order valence-corrected chi connectivity index (χ2v) is 5.71. The number of carbonyl (C=O) groups is 3. The zero-order chi connectivity index (χ0) is 17.2. The molecule has 0 saturated heterocycles. The highest BCUT2D eigenvalue weighted by molar-refractivity contribution is 6.46. The number of rotatable bonds is 5. The Morgan fingerprint density at radius 3 is 2.13 bits per heavy atom. The van der Waals surface area contributed by atoms with Crippen molar-refractivity contribution >= 4 is 23.0 Å². The summed E-state index contributed by atoms with van der Waals surface area (Å²) in [5, 5.41) is 9.67. The summed E-state index contributed by atoms with van der Waals surface area (Å²) in [5.41, 5.74) is 4.85. The maximum Gasteiger partial charge on any atom is 0.234 e. The number of Topliss-reactive ketones (excluding diaryl/α,β-unsaturated/α-hetero) is 2. The van der Waals surface area contributed by atoms with E-state index in [0.717, 1.165) is 0 Å². The van der Waals surface area contributed by atoms with E-state index >= 15 is 0 Å². The van der Waals surface area contributed by atoms with Crippen LogP contribution < -0.4 is 5.73 Å². The summed E-state index contributed by atoms with van der Waals surface area (Å²) in [5.74, 6) is -2.14. The van der Waals surface area contributed by atoms with Gasteiger partial charge in [0.25, 0.3) is 0 Å². The van der Waals surface area contributed by atoms with Crippen molar-refractivity contribution in [2.75, 3.05) is 5.73 Å². The Balaban J connectivity index is 2.43. The molecule has 0 spiro atoms. The van der Waals surface area contributed by atoms with Crippen LogP contribution in [0.25, 0.3) is 0 Å². The molecule has 5 heteroatoms. The van der Waals surface area contributed by atoms with Gasteiger partial charge in [-0.1, -0.05) is 30.3 Å². The average Bonchev–Trinajstić information content (AvgIpc) is 2.53. The van der Waals surface area contributed by atoms with Crippen molar-refractivity contribution in [3.05, 3.63) is 65.2 Å². The van der Waals surface area contributed by atoms with E-state index in [1.165, 1.54) is 32.0 Å². The number of hydrogen-bond acceptors (Lipinski definition) is 5. The van der Waals surface area contributed by atoms with Gasteiger partial charge in [-0.3, -0.25) is 14.4 Å². The summed E-state index contributed by atoms with van der Waals surface area (Å²) in [4.78, 5) is 36.5. The number of nitrogen functional groups attached to an aromatic ring is 1. The third-order valence-corrected chi connectivity index (χ3v) is 3.36. The minimum atomic E-state index is -1.78. The van der Waals surface area contributed by atoms with Crippen LogP contribution in [-0.2, 0) is 4.79 Å². The monoisotopic (exact) mass is 311 g/mol. The smallest absolute Gasteiger partial charge is 0.234 e. The number of benzene rings is 2. The predicted octanol–water partition coefficient (Wildman–Crippen LogP) is 2.02. The minimum Gasteiger partial charge on any atom is -0.398 e. The van der Waals surface area contributed by atoms with E-state index in [1.807, 2.05) is 0 Å². The fourth-order valence-corrected chi connectivity index (χ4v) is 2.05. The molecule has 0 aliphatic heterocycles. The molecule has 2 aromatic rings. The molecule has 0 fully saturated rings. The van der Waals surface area contributed by atoms with E-state index < -0.39 is 17.2 Å². The summed E-state index contributed by atoms with van der Waals surface area (Å²) < 4.78 is 0. The van der Waals surface area contributed by atoms with Crippen LogP contribution in [0.5, 0.6) is 0 Å². The molecule has 0 unspecified atom stereocenters. The average molecular weight is 311 g/mol. The number of carbonyl (C=O) groups excluding carboxylic acids is 3. The van der Waals surface area contributed by atoms with Crippen LogP contribution in [-0.4, -0.2) is 28.1 Å². The van der Waals surface area contributed by atoms with Crippen LogP contribution in [0.1, 0.15) is 40.1 Å². The molecule has 0 heterocycles. The third-order valence-electron chi connectivity index (χ3n) is 3.36. The van der Waals surface area contributed by atoms with Crippen LogP contribution in [0.4, 0.5) is 5.69 Å². The SMILES string of the molecule is CC(C)(O)C(=O)C(=O)c1ccc(N)c(C(=O)c2ccccc2)c1. The number of aliphatic hydroxyl groups is 1. The first-order valence-corrected chi connectivity index (χ1v) is 7.02. The molecule has 0 bridgehead atoms. The van der Waals surface area contributed by atoms with E-state index in [2.05, 4.69) is 0 Å². The number of ketones is 3. The Kier molecular flexibility index (Phi) is 4.43. The second-order valence-electron chi connectivity index (χ2n) is 5.71. The number of hydrogen-bond donors (Lipinski definition) is 2. The molecule has 3 N–H and O–H groups in total. The molecular weight excluding hydrogens is 294 g/mol. The highest BCUT2D eigenvalue weighted by Crippen LogP contribution is 2.20. The summed E-state index contributed by atoms with van der Waals surface area (Å²) in [6, 6.07) is 12.5. The van der Waals surface area contributed by atoms with Gasteiger partial charge >= 0.3 is 0 Å². The Morgan fingerprint density at radius 1 is 0.957 bits per heavy atom. The summed E-state index contributed by atoms with van der Waals surface area (Å²) in [6.45, 7) is 2.47. The van der Waals surface area contributed by atoms with Crippen molar-refractivity contribution in [2.45, 2.75) is 19.4 Å². The quantitative estimate of drug-likeness (QED) is 0.500. The Hall–Kier alpha value is -2.79. The summed E-state index contributed by atoms with van der Waals surface area (Å²) in [7, 11) is 0. The van der Waals surface area contributed by atoms with E-state index in [1.54, 1.807) is 30.3 Å². The van der Waals surface area contributed by atoms with Crippen molar-refractivity contribution in [2.24, 2.45) is 0 Å². The zero-order valence-electron chi connectivity index (χ0n) is 12.9. The molecule has 0 aliphatic rings. The predicted molar refractivity (Wildman–Crippen MR) is 86.4 cm³/mol. The molecule has 2 aromatic carbocycles. The molecule has 0 aromatic heterocycles. The van der Waals surface area contributed by atoms with Crippen LogP contribution in [0.2, 0.25) is 0 Å². The molecule has 0 radical (unpaired) electrons. The lowest BCUT2D eigenvalue weighted by atomic mass is 9.93. The third kappa shape index (κ3) is 3.52. The molecule has 118 valence electrons. The molecule has 2 rings (SSSR count). The van der Waals surface area contributed by atoms with Gasteiger partial charge in [0.2, 0.25) is 11.6 Å².